The molecule has 48 heavy (non-hydrogen) atoms. The monoisotopic (exact) mass is 679 g/mol. The lowest BCUT2D eigenvalue weighted by atomic mass is 10.0. The molecule has 0 spiro atoms. The van der Waals surface area contributed by atoms with Crippen molar-refractivity contribution < 1.29 is 36.3 Å². The average molecular weight is 680 g/mol. The van der Waals surface area contributed by atoms with Crippen LogP contribution in [-0.4, -0.2) is 57.0 Å². The number of nitrogens with zero attached hydrogens (tertiary/aromatic N) is 1. The fourth-order valence-electron chi connectivity index (χ4n) is 4.74. The van der Waals surface area contributed by atoms with Gasteiger partial charge in [0.15, 0.2) is 6.61 Å². The van der Waals surface area contributed by atoms with Crippen LogP contribution in [0.3, 0.4) is 0 Å². The number of anilines is 1. The van der Waals surface area contributed by atoms with Crippen LogP contribution >= 0.6 is 0 Å². The van der Waals surface area contributed by atoms with Gasteiger partial charge in [0, 0.05) is 31.8 Å². The second-order valence-corrected chi connectivity index (χ2v) is 13.0. The molecule has 4 aromatic rings. The summed E-state index contributed by atoms with van der Waals surface area (Å²) in [5.41, 5.74) is 1.65. The third kappa shape index (κ3) is 11.2. The third-order valence-electron chi connectivity index (χ3n) is 7.20. The van der Waals surface area contributed by atoms with Crippen molar-refractivity contribution in [1.29, 1.82) is 0 Å². The number of nitrogens with one attached hydrogen (secondary N) is 2. The van der Waals surface area contributed by atoms with Crippen LogP contribution in [0.2, 0.25) is 0 Å². The van der Waals surface area contributed by atoms with E-state index < -0.39 is 40.2 Å². The van der Waals surface area contributed by atoms with Crippen molar-refractivity contribution >= 4 is 27.5 Å². The van der Waals surface area contributed by atoms with E-state index in [1.807, 2.05) is 44.2 Å². The number of benzene rings is 4. The minimum atomic E-state index is -3.97. The fourth-order valence-corrected chi connectivity index (χ4v) is 5.79. The van der Waals surface area contributed by atoms with Gasteiger partial charge in [0.1, 0.15) is 23.4 Å². The van der Waals surface area contributed by atoms with Crippen molar-refractivity contribution in [2.75, 3.05) is 24.5 Å². The summed E-state index contributed by atoms with van der Waals surface area (Å²) in [4.78, 5) is 28.8. The molecule has 4 aromatic carbocycles. The van der Waals surface area contributed by atoms with Crippen LogP contribution in [0.4, 0.5) is 14.5 Å². The van der Waals surface area contributed by atoms with Crippen molar-refractivity contribution in [2.24, 2.45) is 0 Å². The van der Waals surface area contributed by atoms with Crippen molar-refractivity contribution in [3.8, 4) is 5.75 Å². The summed E-state index contributed by atoms with van der Waals surface area (Å²) in [7, 11) is -3.97. The van der Waals surface area contributed by atoms with Gasteiger partial charge < -0.3 is 19.7 Å². The molecule has 0 fully saturated rings. The Labute approximate surface area is 279 Å². The number of sulfonamides is 1. The van der Waals surface area contributed by atoms with E-state index in [2.05, 4.69) is 10.0 Å². The molecule has 9 nitrogen and oxygen atoms in total. The number of ether oxygens (including phenoxy) is 2. The van der Waals surface area contributed by atoms with Gasteiger partial charge in [-0.1, -0.05) is 42.5 Å². The first-order chi connectivity index (χ1) is 23.0. The number of amides is 2. The van der Waals surface area contributed by atoms with E-state index in [1.165, 1.54) is 53.4 Å². The summed E-state index contributed by atoms with van der Waals surface area (Å²) >= 11 is 0. The van der Waals surface area contributed by atoms with Crippen molar-refractivity contribution in [2.45, 2.75) is 50.3 Å². The number of rotatable bonds is 17. The van der Waals surface area contributed by atoms with Gasteiger partial charge in [-0.25, -0.2) is 17.2 Å². The van der Waals surface area contributed by atoms with E-state index in [0.29, 0.717) is 25.1 Å². The maximum atomic E-state index is 13.8. The highest BCUT2D eigenvalue weighted by Gasteiger charge is 2.30. The Bertz CT molecular complexity index is 1720. The summed E-state index contributed by atoms with van der Waals surface area (Å²) in [6.07, 6.45) is 0.867. The maximum Gasteiger partial charge on any atom is 0.261 e. The van der Waals surface area contributed by atoms with Crippen molar-refractivity contribution in [3.05, 3.63) is 126 Å². The molecule has 0 heterocycles. The molecule has 0 radical (unpaired) electrons. The standard InChI is InChI=1S/C36H39F2N3O6S/c1-26(2)46-22-6-21-39-36(43)34(23-27-7-4-3-5-8-27)41(24-28-9-11-29(37)12-10-28)35(42)25-47-32-17-19-33(20-18-32)48(44,45)40-31-15-13-30(38)14-16-31/h3-5,7-20,26,34,40H,6,21-25H2,1-2H3,(H,39,43)/t34-/m1/s1. The SMILES string of the molecule is CC(C)OCCCNC(=O)[C@@H](Cc1ccccc1)N(Cc1ccc(F)cc1)C(=O)COc1ccc(S(=O)(=O)Nc2ccc(F)cc2)cc1. The highest BCUT2D eigenvalue weighted by molar-refractivity contribution is 7.92. The zero-order valence-electron chi connectivity index (χ0n) is 26.8. The first-order valence-electron chi connectivity index (χ1n) is 15.5. The average Bonchev–Trinajstić information content (AvgIpc) is 3.07. The Kier molecular flexibility index (Phi) is 13.0. The minimum Gasteiger partial charge on any atom is -0.484 e. The van der Waals surface area contributed by atoms with E-state index in [1.54, 1.807) is 12.1 Å². The molecule has 12 heteroatoms. The van der Waals surface area contributed by atoms with Gasteiger partial charge in [0.25, 0.3) is 15.9 Å². The van der Waals surface area contributed by atoms with Crippen LogP contribution in [0.15, 0.2) is 108 Å². The number of carbonyl (C=O) groups excluding carboxylic acids is 2. The van der Waals surface area contributed by atoms with Gasteiger partial charge >= 0.3 is 0 Å². The number of halogens is 2. The Morgan fingerprint density at radius 3 is 2.06 bits per heavy atom. The van der Waals surface area contributed by atoms with Crippen LogP contribution < -0.4 is 14.8 Å². The van der Waals surface area contributed by atoms with E-state index in [4.69, 9.17) is 9.47 Å². The van der Waals surface area contributed by atoms with Gasteiger partial charge in [-0.15, -0.1) is 0 Å². The van der Waals surface area contributed by atoms with E-state index >= 15 is 0 Å². The molecule has 0 bridgehead atoms. The molecule has 4 rings (SSSR count). The van der Waals surface area contributed by atoms with Crippen LogP contribution in [0.5, 0.6) is 5.75 Å². The molecule has 0 saturated carbocycles. The summed E-state index contributed by atoms with van der Waals surface area (Å²) in [5, 5.41) is 2.93. The second kappa shape index (κ2) is 17.4. The predicted octanol–water partition coefficient (Wildman–Crippen LogP) is 5.72. The summed E-state index contributed by atoms with van der Waals surface area (Å²) < 4.78 is 66.2. The van der Waals surface area contributed by atoms with Crippen molar-refractivity contribution in [1.82, 2.24) is 10.2 Å². The Morgan fingerprint density at radius 1 is 0.812 bits per heavy atom. The molecule has 0 aliphatic carbocycles. The molecule has 254 valence electrons. The Morgan fingerprint density at radius 2 is 1.44 bits per heavy atom. The molecule has 2 N–H and O–H groups in total. The van der Waals surface area contributed by atoms with E-state index in [9.17, 15) is 26.8 Å². The zero-order chi connectivity index (χ0) is 34.5. The van der Waals surface area contributed by atoms with E-state index in [-0.39, 0.29) is 41.3 Å². The van der Waals surface area contributed by atoms with Gasteiger partial charge in [0.2, 0.25) is 5.91 Å². The van der Waals surface area contributed by atoms with Crippen molar-refractivity contribution in [3.63, 3.8) is 0 Å². The Balaban J connectivity index is 1.51. The molecule has 2 amide bonds. The van der Waals surface area contributed by atoms with E-state index in [0.717, 1.165) is 17.7 Å². The summed E-state index contributed by atoms with van der Waals surface area (Å²) in [6, 6.07) is 24.4. The van der Waals surface area contributed by atoms with Crippen LogP contribution in [0.1, 0.15) is 31.4 Å². The number of hydrogen-bond donors (Lipinski definition) is 2. The highest BCUT2D eigenvalue weighted by atomic mass is 32.2. The van der Waals surface area contributed by atoms with Gasteiger partial charge in [-0.2, -0.15) is 0 Å². The van der Waals surface area contributed by atoms with Gasteiger partial charge in [-0.05, 0) is 92.1 Å². The summed E-state index contributed by atoms with van der Waals surface area (Å²) in [6.45, 7) is 4.23. The molecule has 0 aliphatic heterocycles. The molecular formula is C36H39F2N3O6S. The third-order valence-corrected chi connectivity index (χ3v) is 8.60. The van der Waals surface area contributed by atoms with Crippen LogP contribution in [-0.2, 0) is 37.3 Å². The molecule has 0 aromatic heterocycles. The fraction of sp³-hybridized carbons (Fsp3) is 0.278. The molecule has 0 aliphatic rings. The number of carbonyl (C=O) groups is 2. The first-order valence-corrected chi connectivity index (χ1v) is 17.0. The first kappa shape index (κ1) is 36.0. The van der Waals surface area contributed by atoms with Gasteiger partial charge in [-0.3, -0.25) is 14.3 Å². The maximum absolute atomic E-state index is 13.8. The predicted molar refractivity (Wildman–Crippen MR) is 179 cm³/mol. The normalized spacial score (nSPS) is 11.9. The molecule has 0 saturated heterocycles. The minimum absolute atomic E-state index is 0.0100. The lowest BCUT2D eigenvalue weighted by Crippen LogP contribution is -2.52. The second-order valence-electron chi connectivity index (χ2n) is 11.3. The topological polar surface area (TPSA) is 114 Å². The largest absolute Gasteiger partial charge is 0.484 e. The quantitative estimate of drug-likeness (QED) is 0.138. The highest BCUT2D eigenvalue weighted by Crippen LogP contribution is 2.21. The summed E-state index contributed by atoms with van der Waals surface area (Å²) in [5.74, 6) is -1.57. The lowest BCUT2D eigenvalue weighted by molar-refractivity contribution is -0.142. The van der Waals surface area contributed by atoms with Crippen LogP contribution in [0, 0.1) is 11.6 Å². The van der Waals surface area contributed by atoms with Gasteiger partial charge in [0.05, 0.1) is 11.0 Å². The van der Waals surface area contributed by atoms with Crippen LogP contribution in [0.25, 0.3) is 0 Å². The molecular weight excluding hydrogens is 640 g/mol. The lowest BCUT2D eigenvalue weighted by Gasteiger charge is -2.31. The smallest absolute Gasteiger partial charge is 0.261 e. The molecule has 1 atom stereocenters. The molecule has 0 unspecified atom stereocenters. The zero-order valence-corrected chi connectivity index (χ0v) is 27.6. The number of hydrogen-bond acceptors (Lipinski definition) is 6. The Hall–Kier alpha value is -4.81.